The summed E-state index contributed by atoms with van der Waals surface area (Å²) >= 11 is 8.43. The van der Waals surface area contributed by atoms with Crippen LogP contribution < -0.4 is 60.6 Å². The van der Waals surface area contributed by atoms with Crippen LogP contribution in [0.4, 0.5) is 0 Å². The fraction of sp³-hybridized carbons (Fsp3) is 0.576. The Bertz CT molecular complexity index is 3140. The summed E-state index contributed by atoms with van der Waals surface area (Å²) in [5, 5.41) is 65.4. The number of guanidine groups is 1. The predicted octanol–water partition coefficient (Wildman–Crippen LogP) is -3.13. The molecule has 32 nitrogen and oxygen atoms in total. The van der Waals surface area contributed by atoms with Gasteiger partial charge in [0.15, 0.2) is 40.7 Å². The van der Waals surface area contributed by atoms with Crippen LogP contribution in [0.1, 0.15) is 115 Å². The first-order valence-electron chi connectivity index (χ1n) is 32.7. The molecule has 21 N–H and O–H groups in total. The Labute approximate surface area is 590 Å². The number of aromatic hydroxyl groups is 1. The van der Waals surface area contributed by atoms with Crippen LogP contribution in [-0.4, -0.2) is 207 Å². The molecule has 0 saturated heterocycles. The number of thiol groups is 2. The van der Waals surface area contributed by atoms with E-state index in [9.17, 15) is 97.5 Å². The fourth-order valence-electron chi connectivity index (χ4n) is 10.2. The average Bonchev–Trinajstić information content (AvgIpc) is 0.854. The van der Waals surface area contributed by atoms with Gasteiger partial charge < -0.3 is 86.1 Å². The summed E-state index contributed by atoms with van der Waals surface area (Å²) in [5.41, 5.74) is 28.7. The van der Waals surface area contributed by atoms with Gasteiger partial charge in [0.25, 0.3) is 0 Å². The van der Waals surface area contributed by atoms with Crippen molar-refractivity contribution in [2.24, 2.45) is 69.2 Å². The first-order valence-corrected chi connectivity index (χ1v) is 33.9. The van der Waals surface area contributed by atoms with Gasteiger partial charge in [0, 0.05) is 81.3 Å². The maximum Gasteiger partial charge on any atom is 0.305 e. The molecule has 0 saturated carbocycles. The van der Waals surface area contributed by atoms with Gasteiger partial charge in [-0.2, -0.15) is 25.3 Å². The number of aliphatic carboxylic acids is 1. The number of carbonyl (C=O) groups is 15. The number of aliphatic imine (C=N–C) groups is 1. The largest absolute Gasteiger partial charge is 0.508 e. The number of aliphatic hydroxyl groups is 3. The Morgan fingerprint density at radius 1 is 0.510 bits per heavy atom. The number of unbranched alkanes of at least 4 members (excludes halogenated alkanes) is 1. The number of nitrogens with one attached hydrogen (secondary N) is 6. The predicted molar refractivity (Wildman–Crippen MR) is 370 cm³/mol. The van der Waals surface area contributed by atoms with Crippen LogP contribution in [0.15, 0.2) is 59.6 Å². The van der Waals surface area contributed by atoms with Crippen molar-refractivity contribution >= 4 is 119 Å². The second kappa shape index (κ2) is 46.7. The summed E-state index contributed by atoms with van der Waals surface area (Å²) in [6, 6.07) is 6.58. The van der Waals surface area contributed by atoms with Gasteiger partial charge in [-0.1, -0.05) is 48.9 Å². The minimum absolute atomic E-state index is 0.0455. The molecule has 2 rings (SSSR count). The Kier molecular flexibility index (Phi) is 40.9. The summed E-state index contributed by atoms with van der Waals surface area (Å²) < 4.78 is 0. The van der Waals surface area contributed by atoms with Gasteiger partial charge in [0.2, 0.25) is 41.4 Å². The van der Waals surface area contributed by atoms with Gasteiger partial charge >= 0.3 is 5.97 Å². The molecule has 34 heteroatoms. The lowest BCUT2D eigenvalue weighted by Crippen LogP contribution is -2.52. The van der Waals surface area contributed by atoms with Crippen molar-refractivity contribution in [3.05, 3.63) is 65.7 Å². The van der Waals surface area contributed by atoms with Crippen LogP contribution in [0, 0.1) is 35.5 Å². The van der Waals surface area contributed by atoms with Crippen LogP contribution in [0.5, 0.6) is 5.75 Å². The molecule has 0 unspecified atom stereocenters. The molecular weight excluding hydrogens is 1340 g/mol. The lowest BCUT2D eigenvalue weighted by atomic mass is 9.89. The number of phenols is 1. The summed E-state index contributed by atoms with van der Waals surface area (Å²) in [6.07, 6.45) is -6.69. The molecule has 2 aromatic rings. The molecule has 0 aliphatic carbocycles. The molecule has 0 bridgehead atoms. The fourth-order valence-corrected chi connectivity index (χ4v) is 10.8. The number of carboxylic acids is 1. The Morgan fingerprint density at radius 2 is 1.02 bits per heavy atom. The molecule has 0 aromatic heterocycles. The van der Waals surface area contributed by atoms with E-state index in [0.29, 0.717) is 24.0 Å². The number of benzene rings is 2. The third-order valence-electron chi connectivity index (χ3n) is 16.2. The zero-order valence-corrected chi connectivity index (χ0v) is 58.0. The number of carboxylic acid groups (broad SMARTS) is 1. The SMILES string of the molecule is C[C@H](N)C(=O)C[C@@H](CS)C(=O)N[C@@H](Cc1ccc(O)cc1)C(=O)C[C@@H](CCCCN)C(=O)N[C@@H](CCCN=C(N)N)C(=O)C[C@@H](CO)C(=O)N[C@@H](CC(=O)O)C(=O)C[C@@H](Cc1ccccc1)C(=O)N[C@H](C(=O)C[C@@H](CS)C(=O)NCC(=O)CCC(=O)NCC(=O)C[C@@H](CO)C(N)=O)[C@@H](C)O. The van der Waals surface area contributed by atoms with Crippen molar-refractivity contribution in [2.75, 3.05) is 50.9 Å². The van der Waals surface area contributed by atoms with E-state index in [1.807, 2.05) is 0 Å². The van der Waals surface area contributed by atoms with Crippen LogP contribution >= 0.6 is 25.3 Å². The second-order valence-electron chi connectivity index (χ2n) is 24.5. The lowest BCUT2D eigenvalue weighted by Gasteiger charge is -2.27. The number of nitrogens with two attached hydrogens (primary N) is 5. The average molecular weight is 1440 g/mol. The van der Waals surface area contributed by atoms with Crippen molar-refractivity contribution < 1.29 is 97.5 Å². The lowest BCUT2D eigenvalue weighted by molar-refractivity contribution is -0.141. The van der Waals surface area contributed by atoms with Crippen molar-refractivity contribution in [1.82, 2.24) is 31.9 Å². The molecule has 0 aliphatic heterocycles. The first kappa shape index (κ1) is 87.5. The molecule has 554 valence electrons. The zero-order valence-electron chi connectivity index (χ0n) is 56.2. The van der Waals surface area contributed by atoms with E-state index in [2.05, 4.69) is 62.2 Å². The number of primary amides is 1. The van der Waals surface area contributed by atoms with Crippen LogP contribution in [0.2, 0.25) is 0 Å². The molecule has 100 heavy (non-hydrogen) atoms. The van der Waals surface area contributed by atoms with Crippen molar-refractivity contribution in [2.45, 2.75) is 153 Å². The smallest absolute Gasteiger partial charge is 0.305 e. The first-order chi connectivity index (χ1) is 47.3. The molecule has 0 radical (unpaired) electrons. The van der Waals surface area contributed by atoms with Crippen LogP contribution in [0.3, 0.4) is 0 Å². The number of rotatable bonds is 53. The Hall–Kier alpha value is -8.54. The van der Waals surface area contributed by atoms with Crippen molar-refractivity contribution in [3.8, 4) is 5.75 Å². The van der Waals surface area contributed by atoms with Gasteiger partial charge in [0.1, 0.15) is 17.6 Å². The Balaban J connectivity index is 2.40. The highest BCUT2D eigenvalue weighted by Crippen LogP contribution is 2.23. The van der Waals surface area contributed by atoms with E-state index in [-0.39, 0.29) is 81.3 Å². The normalized spacial score (nSPS) is 14.7. The number of aliphatic hydroxyl groups excluding tert-OH is 3. The van der Waals surface area contributed by atoms with Crippen molar-refractivity contribution in [1.29, 1.82) is 0 Å². The number of hydrogen-bond acceptors (Lipinski definition) is 24. The highest BCUT2D eigenvalue weighted by molar-refractivity contribution is 7.80. The number of phenolic OH excluding ortho intramolecular Hbond substituents is 1. The van der Waals surface area contributed by atoms with Crippen LogP contribution in [0.25, 0.3) is 0 Å². The standard InChI is InChI=1S/C66H98N12O20S2/c1-36(68)52(85)27-45(35-100)65(98)76-50(22-39-13-15-46(82)16-14-39)54(87)24-40(11-6-7-19-67)62(95)75-49(12-8-20-72-66(70)71)53(86)26-43(33-80)64(97)77-51(29-58(91)92)55(88)25-41(21-38-9-4-3-5-10-38)63(96)78-59(37(2)81)56(89)28-44(34-99)61(94)74-30-47(83)17-18-57(90)73-31-48(84)23-42(32-79)60(69)93/h3-5,9-10,13-16,36-37,40-45,49-51,59,79-82,99-100H,6-8,11-12,17-35,67-68H2,1-2H3,(H2,69,93)(H,73,90)(H,74,94)(H,75,95)(H,76,98)(H,77,97)(H,78,96)(H,91,92)(H4,70,71,72)/t36-,37+,40+,41+,42-,43-,44-,45-,49-,50-,51-,59-/m0/s1. The third kappa shape index (κ3) is 33.5. The van der Waals surface area contributed by atoms with Gasteiger partial charge in [-0.15, -0.1) is 0 Å². The second-order valence-corrected chi connectivity index (χ2v) is 25.3. The number of Topliss-reactive ketones (excluding diaryl/α,β-unsaturated/α-hetero) is 7. The topological polar surface area (TPSA) is 572 Å². The number of nitrogens with zero attached hydrogens (tertiary/aromatic N) is 1. The summed E-state index contributed by atoms with van der Waals surface area (Å²) in [4.78, 5) is 204. The molecule has 0 aliphatic rings. The number of ketones is 7. The maximum atomic E-state index is 14.5. The van der Waals surface area contributed by atoms with E-state index in [4.69, 9.17) is 28.7 Å². The van der Waals surface area contributed by atoms with Gasteiger partial charge in [0.05, 0.1) is 86.7 Å². The minimum Gasteiger partial charge on any atom is -0.508 e. The van der Waals surface area contributed by atoms with E-state index in [1.165, 1.54) is 31.2 Å². The minimum atomic E-state index is -1.92. The maximum absolute atomic E-state index is 14.5. The van der Waals surface area contributed by atoms with E-state index in [0.717, 1.165) is 6.92 Å². The summed E-state index contributed by atoms with van der Waals surface area (Å²) in [5.74, 6) is -21.3. The monoisotopic (exact) mass is 1440 g/mol. The van der Waals surface area contributed by atoms with E-state index < -0.39 is 231 Å². The number of hydrogen-bond donors (Lipinski definition) is 18. The highest BCUT2D eigenvalue weighted by atomic mass is 32.1. The summed E-state index contributed by atoms with van der Waals surface area (Å²) in [7, 11) is 0. The van der Waals surface area contributed by atoms with Gasteiger partial charge in [-0.05, 0) is 82.2 Å². The molecule has 12 atom stereocenters. The molecule has 2 aromatic carbocycles. The van der Waals surface area contributed by atoms with Gasteiger partial charge in [-0.3, -0.25) is 76.9 Å². The van der Waals surface area contributed by atoms with Crippen molar-refractivity contribution in [3.63, 3.8) is 0 Å². The molecule has 7 amide bonds. The molecule has 0 spiro atoms. The number of amides is 7. The van der Waals surface area contributed by atoms with E-state index >= 15 is 0 Å². The quantitative estimate of drug-likeness (QED) is 0.0135. The van der Waals surface area contributed by atoms with Gasteiger partial charge in [-0.25, -0.2) is 0 Å². The Morgan fingerprint density at radius 3 is 1.59 bits per heavy atom. The highest BCUT2D eigenvalue weighted by Gasteiger charge is 2.38. The molecule has 0 heterocycles. The molecule has 0 fully saturated rings. The third-order valence-corrected chi connectivity index (χ3v) is 17.1. The van der Waals surface area contributed by atoms with E-state index in [1.54, 1.807) is 30.3 Å². The van der Waals surface area contributed by atoms with Crippen LogP contribution in [-0.2, 0) is 84.8 Å². The molecular formula is C66H98N12O20S2. The number of carbonyl (C=O) groups excluding carboxylic acids is 14. The summed E-state index contributed by atoms with van der Waals surface area (Å²) in [6.45, 7) is -0.0736. The zero-order chi connectivity index (χ0) is 75.2.